The maximum Gasteiger partial charge on any atom is 0.408 e. The summed E-state index contributed by atoms with van der Waals surface area (Å²) in [6, 6.07) is 7.14. The van der Waals surface area contributed by atoms with Crippen molar-refractivity contribution < 1.29 is 23.5 Å². The van der Waals surface area contributed by atoms with Crippen LogP contribution in [0.5, 0.6) is 0 Å². The minimum absolute atomic E-state index is 0.0972. The molecule has 2 rings (SSSR count). The van der Waals surface area contributed by atoms with Crippen LogP contribution >= 0.6 is 0 Å². The summed E-state index contributed by atoms with van der Waals surface area (Å²) in [5.41, 5.74) is 0.0364. The molecule has 0 fully saturated rings. The second-order valence-electron chi connectivity index (χ2n) is 9.61. The number of rotatable bonds is 13. The predicted molar refractivity (Wildman–Crippen MR) is 138 cm³/mol. The number of hydrogen-bond donors (Lipinski definition) is 5. The topological polar surface area (TPSA) is 178 Å². The van der Waals surface area contributed by atoms with Crippen molar-refractivity contribution in [2.24, 2.45) is 0 Å². The third-order valence-electron chi connectivity index (χ3n) is 5.28. The number of amidine groups is 1. The quantitative estimate of drug-likeness (QED) is 0.146. The van der Waals surface area contributed by atoms with Crippen LogP contribution in [0.2, 0.25) is 0 Å². The molecule has 0 radical (unpaired) electrons. The predicted octanol–water partition coefficient (Wildman–Crippen LogP) is 1.49. The van der Waals surface area contributed by atoms with Crippen molar-refractivity contribution in [3.63, 3.8) is 0 Å². The third-order valence-corrected chi connectivity index (χ3v) is 5.28. The summed E-state index contributed by atoms with van der Waals surface area (Å²) in [7, 11) is 1.47. The highest BCUT2D eigenvalue weighted by molar-refractivity contribution is 5.98. The molecule has 14 heteroatoms. The Morgan fingerprint density at radius 3 is 2.45 bits per heavy atom. The molecule has 2 atom stereocenters. The molecule has 1 heterocycles. The normalized spacial score (nSPS) is 12.7. The second-order valence-corrected chi connectivity index (χ2v) is 9.61. The van der Waals surface area contributed by atoms with Gasteiger partial charge in [-0.05, 0) is 56.0 Å². The van der Waals surface area contributed by atoms with Gasteiger partial charge in [0, 0.05) is 20.0 Å². The Morgan fingerprint density at radius 1 is 1.13 bits per heavy atom. The minimum Gasteiger partial charge on any atom is -0.444 e. The number of hydrogen-bond acceptors (Lipinski definition) is 8. The Labute approximate surface area is 220 Å². The highest BCUT2D eigenvalue weighted by atomic mass is 19.1. The van der Waals surface area contributed by atoms with Gasteiger partial charge in [-0.1, -0.05) is 35.4 Å². The molecule has 2 aromatic rings. The number of carbonyl (C=O) groups is 3. The van der Waals surface area contributed by atoms with Gasteiger partial charge in [0.25, 0.3) is 5.91 Å². The van der Waals surface area contributed by atoms with E-state index < -0.39 is 42.3 Å². The largest absolute Gasteiger partial charge is 0.444 e. The maximum absolute atomic E-state index is 13.4. The Bertz CT molecular complexity index is 1040. The molecular weight excluding hydrogens is 497 g/mol. The lowest BCUT2D eigenvalue weighted by Crippen LogP contribution is -2.55. The number of anilines is 1. The van der Waals surface area contributed by atoms with E-state index in [1.54, 1.807) is 20.8 Å². The van der Waals surface area contributed by atoms with E-state index in [1.165, 1.54) is 11.9 Å². The zero-order chi connectivity index (χ0) is 28.1. The fourth-order valence-corrected chi connectivity index (χ4v) is 3.43. The molecule has 1 unspecified atom stereocenters. The van der Waals surface area contributed by atoms with E-state index in [9.17, 15) is 18.8 Å². The summed E-state index contributed by atoms with van der Waals surface area (Å²) in [5, 5.41) is 28.5. The van der Waals surface area contributed by atoms with Crippen molar-refractivity contribution in [1.82, 2.24) is 36.6 Å². The van der Waals surface area contributed by atoms with Crippen LogP contribution in [0.4, 0.5) is 15.1 Å². The first-order valence-electron chi connectivity index (χ1n) is 12.2. The van der Waals surface area contributed by atoms with Gasteiger partial charge in [0.15, 0.2) is 0 Å². The molecule has 0 saturated carbocycles. The van der Waals surface area contributed by atoms with E-state index in [0.717, 1.165) is 5.56 Å². The highest BCUT2D eigenvalue weighted by Crippen LogP contribution is 2.12. The molecular formula is C24H36FN9O4. The first-order chi connectivity index (χ1) is 18.0. The van der Waals surface area contributed by atoms with Crippen molar-refractivity contribution in [2.75, 3.05) is 25.2 Å². The Morgan fingerprint density at radius 2 is 1.84 bits per heavy atom. The van der Waals surface area contributed by atoms with E-state index in [-0.39, 0.29) is 24.6 Å². The van der Waals surface area contributed by atoms with Crippen LogP contribution in [0, 0.1) is 5.41 Å². The highest BCUT2D eigenvalue weighted by Gasteiger charge is 2.30. The Balaban J connectivity index is 2.17. The summed E-state index contributed by atoms with van der Waals surface area (Å²) >= 11 is 0. The maximum atomic E-state index is 13.4. The van der Waals surface area contributed by atoms with Crippen molar-refractivity contribution >= 4 is 29.7 Å². The van der Waals surface area contributed by atoms with Crippen LogP contribution in [0.3, 0.4) is 0 Å². The summed E-state index contributed by atoms with van der Waals surface area (Å²) in [4.78, 5) is 40.4. The molecule has 208 valence electrons. The molecule has 13 nitrogen and oxygen atoms in total. The average Bonchev–Trinajstić information content (AvgIpc) is 3.41. The Kier molecular flexibility index (Phi) is 11.6. The van der Waals surface area contributed by atoms with Gasteiger partial charge in [0.2, 0.25) is 11.9 Å². The number of unbranched alkanes of at least 4 members (excludes halogenated alkanes) is 1. The second kappa shape index (κ2) is 14.6. The van der Waals surface area contributed by atoms with Gasteiger partial charge in [-0.25, -0.2) is 14.3 Å². The lowest BCUT2D eigenvalue weighted by Gasteiger charge is -2.26. The number of nitrogens with one attached hydrogen (secondary N) is 5. The molecule has 0 saturated heterocycles. The molecule has 1 aromatic heterocycles. The van der Waals surface area contributed by atoms with Gasteiger partial charge in [0.05, 0.1) is 0 Å². The van der Waals surface area contributed by atoms with E-state index in [0.29, 0.717) is 19.4 Å². The van der Waals surface area contributed by atoms with Crippen LogP contribution in [-0.2, 0) is 20.7 Å². The number of aromatic nitrogens is 4. The first-order valence-corrected chi connectivity index (χ1v) is 12.2. The van der Waals surface area contributed by atoms with Crippen molar-refractivity contribution in [1.29, 1.82) is 5.41 Å². The number of nitrogens with zero attached hydrogens (tertiary/aromatic N) is 4. The standard InChI is InChI=1S/C24H36FN9O4/c1-24(2,3)38-23(37)29-18(14-16-10-6-5-7-11-16)20(35)28-17(12-8-9-13-27-19(26)15-25)21(36)34(4)22-30-32-33-31-22/h5-7,10-11,17-18H,8-9,12-15H2,1-4H3,(H2,26,27)(H,28,35)(H,29,37)(H,30,31,32,33)/t17?,18-/m0/s1. The van der Waals surface area contributed by atoms with Crippen LogP contribution < -0.4 is 20.9 Å². The van der Waals surface area contributed by atoms with Gasteiger partial charge in [-0.3, -0.25) is 19.9 Å². The zero-order valence-electron chi connectivity index (χ0n) is 22.1. The number of alkyl carbamates (subject to hydrolysis) is 1. The number of aromatic amines is 1. The SMILES string of the molecule is CN(C(=O)C(CCCCNC(=N)CF)NC(=O)[C@H](Cc1ccccc1)NC(=O)OC(C)(C)C)c1nnn[nH]1. The van der Waals surface area contributed by atoms with Crippen LogP contribution in [0.25, 0.3) is 0 Å². The number of likely N-dealkylation sites (N-methyl/N-ethyl adjacent to an activating group) is 1. The summed E-state index contributed by atoms with van der Waals surface area (Å²) in [6.07, 6.45) is 0.659. The van der Waals surface area contributed by atoms with Crippen LogP contribution in [0.15, 0.2) is 30.3 Å². The van der Waals surface area contributed by atoms with Crippen molar-refractivity contribution in [3.8, 4) is 0 Å². The molecule has 38 heavy (non-hydrogen) atoms. The van der Waals surface area contributed by atoms with E-state index in [2.05, 4.69) is 36.6 Å². The number of benzene rings is 1. The molecule has 0 spiro atoms. The lowest BCUT2D eigenvalue weighted by molar-refractivity contribution is -0.128. The number of tetrazole rings is 1. The monoisotopic (exact) mass is 533 g/mol. The molecule has 3 amide bonds. The molecule has 0 aliphatic heterocycles. The average molecular weight is 534 g/mol. The molecule has 5 N–H and O–H groups in total. The smallest absolute Gasteiger partial charge is 0.408 e. The summed E-state index contributed by atoms with van der Waals surface area (Å²) in [6.45, 7) is 4.60. The van der Waals surface area contributed by atoms with Crippen molar-refractivity contribution in [2.45, 2.75) is 64.1 Å². The van der Waals surface area contributed by atoms with Crippen LogP contribution in [-0.4, -0.2) is 82.3 Å². The summed E-state index contributed by atoms with van der Waals surface area (Å²) in [5.74, 6) is -1.17. The summed E-state index contributed by atoms with van der Waals surface area (Å²) < 4.78 is 17.8. The number of carbonyl (C=O) groups excluding carboxylic acids is 3. The number of ether oxygens (including phenoxy) is 1. The van der Waals surface area contributed by atoms with Crippen LogP contribution in [0.1, 0.15) is 45.6 Å². The number of amides is 3. The van der Waals surface area contributed by atoms with Gasteiger partial charge in [-0.2, -0.15) is 0 Å². The fourth-order valence-electron chi connectivity index (χ4n) is 3.43. The third kappa shape index (κ3) is 10.5. The van der Waals surface area contributed by atoms with Gasteiger partial charge >= 0.3 is 6.09 Å². The molecule has 0 aliphatic carbocycles. The molecule has 0 bridgehead atoms. The van der Waals surface area contributed by atoms with Gasteiger partial charge in [-0.15, -0.1) is 0 Å². The minimum atomic E-state index is -1.02. The van der Waals surface area contributed by atoms with E-state index in [4.69, 9.17) is 10.1 Å². The first kappa shape index (κ1) is 30.1. The number of halogens is 1. The van der Waals surface area contributed by atoms with E-state index in [1.807, 2.05) is 30.3 Å². The number of alkyl halides is 1. The Hall–Kier alpha value is -4.10. The van der Waals surface area contributed by atoms with Gasteiger partial charge < -0.3 is 20.7 Å². The van der Waals surface area contributed by atoms with E-state index >= 15 is 0 Å². The fraction of sp³-hybridized carbons (Fsp3) is 0.542. The number of H-pyrrole nitrogens is 1. The van der Waals surface area contributed by atoms with Crippen molar-refractivity contribution in [3.05, 3.63) is 35.9 Å². The lowest BCUT2D eigenvalue weighted by atomic mass is 10.0. The zero-order valence-corrected chi connectivity index (χ0v) is 22.1. The molecule has 1 aromatic carbocycles. The van der Waals surface area contributed by atoms with Gasteiger partial charge in [0.1, 0.15) is 30.2 Å². The molecule has 0 aliphatic rings.